The second-order valence-electron chi connectivity index (χ2n) is 6.56. The molecular weight excluding hydrogens is 354 g/mol. The van der Waals surface area contributed by atoms with E-state index < -0.39 is 5.97 Å². The van der Waals surface area contributed by atoms with Crippen molar-refractivity contribution in [3.8, 4) is 17.2 Å². The van der Waals surface area contributed by atoms with Gasteiger partial charge < -0.3 is 14.3 Å². The molecule has 0 aliphatic rings. The molecule has 5 nitrogen and oxygen atoms in total. The first-order valence-electron chi connectivity index (χ1n) is 8.78. The zero-order valence-corrected chi connectivity index (χ0v) is 15.0. The standard InChI is InChI=1S/C23H15NO4/c1-27-16-8-9-19-15(10-16)12-20(28-19)22-18(23(25)26)11-14-7-6-13-4-2-3-5-17(13)21(14)24-22/h2-12H,1H3,(H,25,26). The number of furan rings is 1. The Morgan fingerprint density at radius 3 is 2.61 bits per heavy atom. The van der Waals surface area contributed by atoms with Crippen molar-refractivity contribution in [2.24, 2.45) is 0 Å². The summed E-state index contributed by atoms with van der Waals surface area (Å²) in [6.07, 6.45) is 0. The van der Waals surface area contributed by atoms with Crippen molar-refractivity contribution in [2.75, 3.05) is 7.11 Å². The van der Waals surface area contributed by atoms with Crippen LogP contribution in [0, 0.1) is 0 Å². The molecule has 0 aliphatic heterocycles. The van der Waals surface area contributed by atoms with Crippen LogP contribution in [-0.4, -0.2) is 23.2 Å². The summed E-state index contributed by atoms with van der Waals surface area (Å²) in [5.74, 6) is 0.0712. The molecule has 0 atom stereocenters. The highest BCUT2D eigenvalue weighted by Gasteiger charge is 2.19. The van der Waals surface area contributed by atoms with Crippen molar-refractivity contribution < 1.29 is 19.1 Å². The Balaban J connectivity index is 1.82. The van der Waals surface area contributed by atoms with Gasteiger partial charge in [0, 0.05) is 16.2 Å². The maximum absolute atomic E-state index is 11.9. The van der Waals surface area contributed by atoms with Crippen LogP contribution in [0.5, 0.6) is 5.75 Å². The Kier molecular flexibility index (Phi) is 3.55. The largest absolute Gasteiger partial charge is 0.497 e. The smallest absolute Gasteiger partial charge is 0.338 e. The third-order valence-electron chi connectivity index (χ3n) is 4.90. The SMILES string of the molecule is COc1ccc2oc(-c3nc4c(ccc5ccccc54)cc3C(=O)O)cc2c1. The van der Waals surface area contributed by atoms with Gasteiger partial charge in [0.15, 0.2) is 5.76 Å². The normalized spacial score (nSPS) is 11.3. The summed E-state index contributed by atoms with van der Waals surface area (Å²) in [6, 6.07) is 20.7. The molecule has 5 rings (SSSR count). The van der Waals surface area contributed by atoms with E-state index in [9.17, 15) is 9.90 Å². The lowest BCUT2D eigenvalue weighted by Crippen LogP contribution is -2.02. The third kappa shape index (κ3) is 2.48. The molecule has 0 radical (unpaired) electrons. The minimum absolute atomic E-state index is 0.105. The molecule has 28 heavy (non-hydrogen) atoms. The average Bonchev–Trinajstić information content (AvgIpc) is 3.15. The van der Waals surface area contributed by atoms with Gasteiger partial charge in [0.2, 0.25) is 0 Å². The van der Waals surface area contributed by atoms with Crippen LogP contribution in [0.25, 0.3) is 44.1 Å². The van der Waals surface area contributed by atoms with E-state index in [0.717, 1.165) is 27.1 Å². The third-order valence-corrected chi connectivity index (χ3v) is 4.90. The molecule has 0 fully saturated rings. The van der Waals surface area contributed by atoms with E-state index >= 15 is 0 Å². The van der Waals surface area contributed by atoms with Gasteiger partial charge in [-0.1, -0.05) is 36.4 Å². The van der Waals surface area contributed by atoms with Crippen LogP contribution in [0.15, 0.2) is 71.1 Å². The van der Waals surface area contributed by atoms with Crippen molar-refractivity contribution in [3.63, 3.8) is 0 Å². The van der Waals surface area contributed by atoms with Crippen LogP contribution >= 0.6 is 0 Å². The second kappa shape index (κ2) is 6.09. The highest BCUT2D eigenvalue weighted by atomic mass is 16.5. The van der Waals surface area contributed by atoms with Gasteiger partial charge in [-0.25, -0.2) is 9.78 Å². The van der Waals surface area contributed by atoms with E-state index in [4.69, 9.17) is 14.1 Å². The number of aromatic nitrogens is 1. The first-order chi connectivity index (χ1) is 13.6. The minimum Gasteiger partial charge on any atom is -0.497 e. The molecule has 5 aromatic rings. The van der Waals surface area contributed by atoms with E-state index in [2.05, 4.69) is 0 Å². The number of carboxylic acid groups (broad SMARTS) is 1. The molecule has 1 N–H and O–H groups in total. The minimum atomic E-state index is -1.05. The molecule has 5 heteroatoms. The second-order valence-corrected chi connectivity index (χ2v) is 6.56. The van der Waals surface area contributed by atoms with Crippen molar-refractivity contribution in [1.29, 1.82) is 0 Å². The molecule has 0 amide bonds. The molecule has 0 saturated carbocycles. The van der Waals surface area contributed by atoms with Gasteiger partial charge in [0.05, 0.1) is 18.2 Å². The topological polar surface area (TPSA) is 72.6 Å². The number of aromatic carboxylic acids is 1. The maximum Gasteiger partial charge on any atom is 0.338 e. The van der Waals surface area contributed by atoms with Gasteiger partial charge in [0.1, 0.15) is 17.0 Å². The molecule has 136 valence electrons. The summed E-state index contributed by atoms with van der Waals surface area (Å²) in [5, 5.41) is 13.4. The number of nitrogens with zero attached hydrogens (tertiary/aromatic N) is 1. The maximum atomic E-state index is 11.9. The number of carboxylic acids is 1. The van der Waals surface area contributed by atoms with Crippen LogP contribution in [0.2, 0.25) is 0 Å². The molecular formula is C23H15NO4. The van der Waals surface area contributed by atoms with Gasteiger partial charge in [-0.3, -0.25) is 0 Å². The summed E-state index contributed by atoms with van der Waals surface area (Å²) in [4.78, 5) is 16.6. The van der Waals surface area contributed by atoms with Gasteiger partial charge in [-0.15, -0.1) is 0 Å². The van der Waals surface area contributed by atoms with E-state index in [1.54, 1.807) is 31.4 Å². The molecule has 2 heterocycles. The first-order valence-corrected chi connectivity index (χ1v) is 8.78. The fourth-order valence-corrected chi connectivity index (χ4v) is 3.53. The Morgan fingerprint density at radius 1 is 0.964 bits per heavy atom. The van der Waals surface area contributed by atoms with Gasteiger partial charge in [0.25, 0.3) is 0 Å². The van der Waals surface area contributed by atoms with Gasteiger partial charge in [-0.05, 0) is 35.7 Å². The number of hydrogen-bond donors (Lipinski definition) is 1. The van der Waals surface area contributed by atoms with Gasteiger partial charge >= 0.3 is 5.97 Å². The molecule has 0 unspecified atom stereocenters. The van der Waals surface area contributed by atoms with Crippen LogP contribution in [0.4, 0.5) is 0 Å². The van der Waals surface area contributed by atoms with E-state index in [1.807, 2.05) is 42.5 Å². The van der Waals surface area contributed by atoms with Crippen LogP contribution in [-0.2, 0) is 0 Å². The number of rotatable bonds is 3. The van der Waals surface area contributed by atoms with E-state index in [1.165, 1.54) is 0 Å². The summed E-state index contributed by atoms with van der Waals surface area (Å²) in [7, 11) is 1.60. The summed E-state index contributed by atoms with van der Waals surface area (Å²) >= 11 is 0. The van der Waals surface area contributed by atoms with Crippen LogP contribution < -0.4 is 4.74 Å². The number of fused-ring (bicyclic) bond motifs is 4. The van der Waals surface area contributed by atoms with Crippen molar-refractivity contribution in [3.05, 3.63) is 72.3 Å². The Labute approximate surface area is 159 Å². The Hall–Kier alpha value is -3.86. The van der Waals surface area contributed by atoms with Crippen LogP contribution in [0.3, 0.4) is 0 Å². The lowest BCUT2D eigenvalue weighted by atomic mass is 10.0. The summed E-state index contributed by atoms with van der Waals surface area (Å²) in [5.41, 5.74) is 1.81. The molecule has 0 spiro atoms. The van der Waals surface area contributed by atoms with Crippen LogP contribution in [0.1, 0.15) is 10.4 Å². The zero-order chi connectivity index (χ0) is 19.3. The van der Waals surface area contributed by atoms with E-state index in [-0.39, 0.29) is 5.56 Å². The van der Waals surface area contributed by atoms with Gasteiger partial charge in [-0.2, -0.15) is 0 Å². The predicted molar refractivity (Wildman–Crippen MR) is 108 cm³/mol. The summed E-state index contributed by atoms with van der Waals surface area (Å²) in [6.45, 7) is 0. The van der Waals surface area contributed by atoms with Crippen molar-refractivity contribution in [2.45, 2.75) is 0 Å². The number of methoxy groups -OCH3 is 1. The highest BCUT2D eigenvalue weighted by Crippen LogP contribution is 2.34. The predicted octanol–water partition coefficient (Wildman–Crippen LogP) is 5.51. The molecule has 0 saturated heterocycles. The van der Waals surface area contributed by atoms with Crippen molar-refractivity contribution >= 4 is 38.6 Å². The summed E-state index contributed by atoms with van der Waals surface area (Å²) < 4.78 is 11.2. The zero-order valence-electron chi connectivity index (χ0n) is 15.0. The molecule has 0 aliphatic carbocycles. The highest BCUT2D eigenvalue weighted by molar-refractivity contribution is 6.08. The quantitative estimate of drug-likeness (QED) is 0.425. The monoisotopic (exact) mass is 369 g/mol. The number of carbonyl (C=O) groups is 1. The number of benzene rings is 3. The van der Waals surface area contributed by atoms with Crippen molar-refractivity contribution in [1.82, 2.24) is 4.98 Å². The number of ether oxygens (including phenoxy) is 1. The number of pyridine rings is 1. The fraction of sp³-hybridized carbons (Fsp3) is 0.0435. The van der Waals surface area contributed by atoms with E-state index in [0.29, 0.717) is 22.8 Å². The molecule has 3 aromatic carbocycles. The Bertz CT molecular complexity index is 1380. The lowest BCUT2D eigenvalue weighted by Gasteiger charge is -2.08. The first kappa shape index (κ1) is 16.3. The fourth-order valence-electron chi connectivity index (χ4n) is 3.53. The Morgan fingerprint density at radius 2 is 1.79 bits per heavy atom. The number of hydrogen-bond acceptors (Lipinski definition) is 4. The molecule has 0 bridgehead atoms. The average molecular weight is 369 g/mol. The lowest BCUT2D eigenvalue weighted by molar-refractivity contribution is 0.0697. The molecule has 2 aromatic heterocycles.